The van der Waals surface area contributed by atoms with Crippen LogP contribution in [0.25, 0.3) is 0 Å². The molecule has 0 atom stereocenters. The van der Waals surface area contributed by atoms with Gasteiger partial charge < -0.3 is 0 Å². The highest BCUT2D eigenvalue weighted by molar-refractivity contribution is 5.08. The Morgan fingerprint density at radius 3 is 2.75 bits per heavy atom. The van der Waals surface area contributed by atoms with E-state index in [0.29, 0.717) is 0 Å². The van der Waals surface area contributed by atoms with Crippen LogP contribution in [0.4, 0.5) is 0 Å². The van der Waals surface area contributed by atoms with Crippen LogP contribution in [0.5, 0.6) is 5.75 Å². The smallest absolute Gasteiger partial charge is 0.242 e. The average molecular weight is 109 g/mol. The van der Waals surface area contributed by atoms with Crippen molar-refractivity contribution in [2.75, 3.05) is 0 Å². The molecule has 8 heavy (non-hydrogen) atoms. The SMILES string of the molecule is C[n+]1cccc([O])c1. The molecule has 0 aliphatic heterocycles. The third-order valence-electron chi connectivity index (χ3n) is 0.913. The number of hydrogen-bond donors (Lipinski definition) is 0. The maximum absolute atomic E-state index is 10.5. The number of aromatic nitrogens is 1. The van der Waals surface area contributed by atoms with Crippen LogP contribution in [0.3, 0.4) is 0 Å². The van der Waals surface area contributed by atoms with Gasteiger partial charge in [-0.15, -0.1) is 0 Å². The van der Waals surface area contributed by atoms with E-state index in [1.165, 1.54) is 12.3 Å². The third kappa shape index (κ3) is 0.964. The molecule has 2 nitrogen and oxygen atoms in total. The van der Waals surface area contributed by atoms with Gasteiger partial charge in [-0.05, 0) is 6.07 Å². The minimum Gasteiger partial charge on any atom is -0.283 e. The van der Waals surface area contributed by atoms with Crippen LogP contribution >= 0.6 is 0 Å². The van der Waals surface area contributed by atoms with E-state index in [9.17, 15) is 5.11 Å². The van der Waals surface area contributed by atoms with Gasteiger partial charge in [-0.25, -0.2) is 4.57 Å². The summed E-state index contributed by atoms with van der Waals surface area (Å²) in [7, 11) is 1.82. The topological polar surface area (TPSA) is 23.8 Å². The van der Waals surface area contributed by atoms with Crippen molar-refractivity contribution in [3.63, 3.8) is 0 Å². The summed E-state index contributed by atoms with van der Waals surface area (Å²) >= 11 is 0. The summed E-state index contributed by atoms with van der Waals surface area (Å²) in [5.74, 6) is 0.0509. The van der Waals surface area contributed by atoms with E-state index >= 15 is 0 Å². The van der Waals surface area contributed by atoms with Crippen LogP contribution in [0.1, 0.15) is 0 Å². The second kappa shape index (κ2) is 1.82. The third-order valence-corrected chi connectivity index (χ3v) is 0.913. The molecule has 41 valence electrons. The first-order valence-corrected chi connectivity index (χ1v) is 2.41. The van der Waals surface area contributed by atoms with Gasteiger partial charge in [0, 0.05) is 6.07 Å². The van der Waals surface area contributed by atoms with E-state index in [1.807, 2.05) is 13.2 Å². The molecule has 0 aromatic carbocycles. The fourth-order valence-electron chi connectivity index (χ4n) is 0.560. The summed E-state index contributed by atoms with van der Waals surface area (Å²) in [4.78, 5) is 0. The monoisotopic (exact) mass is 109 g/mol. The molecule has 1 heterocycles. The van der Waals surface area contributed by atoms with Crippen LogP contribution in [0.15, 0.2) is 24.5 Å². The fraction of sp³-hybridized carbons (Fsp3) is 0.167. The van der Waals surface area contributed by atoms with Gasteiger partial charge in [0.15, 0.2) is 6.20 Å². The summed E-state index contributed by atoms with van der Waals surface area (Å²) in [5.41, 5.74) is 0. The maximum atomic E-state index is 10.5. The molecule has 0 spiro atoms. The molecule has 0 aliphatic carbocycles. The largest absolute Gasteiger partial charge is 0.283 e. The van der Waals surface area contributed by atoms with Gasteiger partial charge in [-0.3, -0.25) is 5.11 Å². The van der Waals surface area contributed by atoms with Crippen LogP contribution < -0.4 is 4.57 Å². The molecule has 1 aromatic heterocycles. The minimum absolute atomic E-state index is 0.0509. The van der Waals surface area contributed by atoms with Gasteiger partial charge in [0.05, 0.1) is 0 Å². The number of aryl methyl sites for hydroxylation is 1. The lowest BCUT2D eigenvalue weighted by molar-refractivity contribution is -0.672. The van der Waals surface area contributed by atoms with Gasteiger partial charge in [0.2, 0.25) is 11.9 Å². The van der Waals surface area contributed by atoms with E-state index in [-0.39, 0.29) is 5.75 Å². The molecule has 1 radical (unpaired) electrons. The molecule has 0 bridgehead atoms. The summed E-state index contributed by atoms with van der Waals surface area (Å²) < 4.78 is 1.72. The van der Waals surface area contributed by atoms with Gasteiger partial charge in [-0.2, -0.15) is 0 Å². The Balaban J connectivity index is 3.08. The second-order valence-corrected chi connectivity index (χ2v) is 1.71. The number of rotatable bonds is 0. The molecule has 0 fully saturated rings. The predicted octanol–water partition coefficient (Wildman–Crippen LogP) is 0.655. The highest BCUT2D eigenvalue weighted by atomic mass is 16.3. The van der Waals surface area contributed by atoms with Crippen molar-refractivity contribution in [3.8, 4) is 5.75 Å². The summed E-state index contributed by atoms with van der Waals surface area (Å²) in [6.07, 6.45) is 3.35. The Hall–Kier alpha value is -1.05. The highest BCUT2D eigenvalue weighted by Crippen LogP contribution is 2.00. The fourth-order valence-corrected chi connectivity index (χ4v) is 0.560. The normalized spacial score (nSPS) is 9.12. The molecule has 0 N–H and O–H groups in total. The van der Waals surface area contributed by atoms with Crippen LogP contribution in [-0.4, -0.2) is 0 Å². The summed E-state index contributed by atoms with van der Waals surface area (Å²) in [6, 6.07) is 3.25. The van der Waals surface area contributed by atoms with Crippen molar-refractivity contribution in [2.24, 2.45) is 7.05 Å². The zero-order valence-corrected chi connectivity index (χ0v) is 4.66. The lowest BCUT2D eigenvalue weighted by Gasteiger charge is -1.81. The van der Waals surface area contributed by atoms with Crippen LogP contribution in [-0.2, 0) is 12.2 Å². The number of pyridine rings is 1. The lowest BCUT2D eigenvalue weighted by atomic mass is 10.5. The molecular formula is C6H7NO+. The number of hydrogen-bond acceptors (Lipinski definition) is 0. The van der Waals surface area contributed by atoms with E-state index in [4.69, 9.17) is 0 Å². The van der Waals surface area contributed by atoms with Crippen molar-refractivity contribution >= 4 is 0 Å². The average Bonchev–Trinajstić information content (AvgIpc) is 1.64. The van der Waals surface area contributed by atoms with E-state index in [1.54, 1.807) is 10.6 Å². The second-order valence-electron chi connectivity index (χ2n) is 1.71. The zero-order valence-electron chi connectivity index (χ0n) is 4.66. The molecule has 0 saturated heterocycles. The molecule has 1 aromatic rings. The molecule has 0 saturated carbocycles. The van der Waals surface area contributed by atoms with Crippen LogP contribution in [0, 0.1) is 0 Å². The molecular weight excluding hydrogens is 102 g/mol. The predicted molar refractivity (Wildman–Crippen MR) is 27.8 cm³/mol. The van der Waals surface area contributed by atoms with E-state index in [2.05, 4.69) is 0 Å². The number of nitrogens with zero attached hydrogens (tertiary/aromatic N) is 1. The van der Waals surface area contributed by atoms with E-state index in [0.717, 1.165) is 0 Å². The zero-order chi connectivity index (χ0) is 5.98. The first-order chi connectivity index (χ1) is 3.79. The Bertz CT molecular complexity index is 168. The first kappa shape index (κ1) is 5.09. The van der Waals surface area contributed by atoms with Crippen molar-refractivity contribution < 1.29 is 9.67 Å². The van der Waals surface area contributed by atoms with E-state index < -0.39 is 0 Å². The van der Waals surface area contributed by atoms with Crippen molar-refractivity contribution in [1.29, 1.82) is 0 Å². The molecule has 1 rings (SSSR count). The Kier molecular flexibility index (Phi) is 1.16. The first-order valence-electron chi connectivity index (χ1n) is 2.41. The Morgan fingerprint density at radius 2 is 2.38 bits per heavy atom. The minimum atomic E-state index is 0.0509. The summed E-state index contributed by atoms with van der Waals surface area (Å²) in [5, 5.41) is 10.5. The van der Waals surface area contributed by atoms with Gasteiger partial charge >= 0.3 is 0 Å². The molecule has 0 amide bonds. The van der Waals surface area contributed by atoms with Crippen molar-refractivity contribution in [2.45, 2.75) is 0 Å². The van der Waals surface area contributed by atoms with Crippen LogP contribution in [0.2, 0.25) is 0 Å². The molecule has 0 unspecified atom stereocenters. The van der Waals surface area contributed by atoms with Gasteiger partial charge in [-0.1, -0.05) is 0 Å². The Morgan fingerprint density at radius 1 is 1.62 bits per heavy atom. The lowest BCUT2D eigenvalue weighted by Crippen LogP contribution is -2.25. The standard InChI is InChI=1S/C6H7NO/c1-7-4-2-3-6(8)5-7/h2-5H,1H3/q+1. The maximum Gasteiger partial charge on any atom is 0.242 e. The highest BCUT2D eigenvalue weighted by Gasteiger charge is 1.92. The Labute approximate surface area is 48.0 Å². The van der Waals surface area contributed by atoms with Crippen molar-refractivity contribution in [3.05, 3.63) is 24.5 Å². The quantitative estimate of drug-likeness (QED) is 0.437. The van der Waals surface area contributed by atoms with Gasteiger partial charge in [0.1, 0.15) is 7.05 Å². The molecule has 0 aliphatic rings. The van der Waals surface area contributed by atoms with Crippen molar-refractivity contribution in [1.82, 2.24) is 0 Å². The summed E-state index contributed by atoms with van der Waals surface area (Å²) in [6.45, 7) is 0. The van der Waals surface area contributed by atoms with Gasteiger partial charge in [0.25, 0.3) is 0 Å². The molecule has 2 heteroatoms.